The summed E-state index contributed by atoms with van der Waals surface area (Å²) in [4.78, 5) is 24.6. The van der Waals surface area contributed by atoms with E-state index in [1.54, 1.807) is 28.8 Å². The predicted molar refractivity (Wildman–Crippen MR) is 77.3 cm³/mol. The molecule has 0 fully saturated rings. The van der Waals surface area contributed by atoms with Gasteiger partial charge in [0.2, 0.25) is 0 Å². The van der Waals surface area contributed by atoms with E-state index >= 15 is 0 Å². The first-order chi connectivity index (χ1) is 9.18. The first-order valence-corrected chi connectivity index (χ1v) is 6.55. The molecular weight excluding hydrogens is 308 g/mol. The summed E-state index contributed by atoms with van der Waals surface area (Å²) in [5, 5.41) is 1.10. The van der Waals surface area contributed by atoms with Crippen LogP contribution in [0.25, 0.3) is 21.8 Å². The number of hydrogen-bond acceptors (Lipinski definition) is 2. The van der Waals surface area contributed by atoms with Crippen molar-refractivity contribution in [1.29, 1.82) is 0 Å². The number of para-hydroxylation sites is 1. The largest absolute Gasteiger partial charge is 0.282 e. The second-order valence-electron chi connectivity index (χ2n) is 4.41. The van der Waals surface area contributed by atoms with Crippen LogP contribution in [0.3, 0.4) is 0 Å². The van der Waals surface area contributed by atoms with Gasteiger partial charge in [0, 0.05) is 4.47 Å². The van der Waals surface area contributed by atoms with Crippen molar-refractivity contribution in [3.05, 3.63) is 67.6 Å². The first kappa shape index (κ1) is 10.8. The molecule has 0 aliphatic heterocycles. The number of rotatable bonds is 0. The zero-order chi connectivity index (χ0) is 13.1. The van der Waals surface area contributed by atoms with Crippen molar-refractivity contribution in [1.82, 2.24) is 9.03 Å². The van der Waals surface area contributed by atoms with Crippen molar-refractivity contribution in [2.45, 2.75) is 0 Å². The fraction of sp³-hybridized carbons (Fsp3) is 0. The fourth-order valence-electron chi connectivity index (χ4n) is 2.55. The quantitative estimate of drug-likeness (QED) is 0.499. The summed E-state index contributed by atoms with van der Waals surface area (Å²) in [6, 6.07) is 12.6. The Balaban J connectivity index is 2.50. The summed E-state index contributed by atoms with van der Waals surface area (Å²) in [6.45, 7) is 0. The molecule has 0 bridgehead atoms. The standard InChI is InChI=1S/C14H7BrN2O2/c15-8-5-6-10-12(7-8)16-11-4-2-1-3-9(11)13(18)17(16)14(10)19/h1-7H. The van der Waals surface area contributed by atoms with E-state index < -0.39 is 0 Å². The summed E-state index contributed by atoms with van der Waals surface area (Å²) >= 11 is 3.40. The van der Waals surface area contributed by atoms with Crippen LogP contribution in [0.15, 0.2) is 56.5 Å². The lowest BCUT2D eigenvalue weighted by Gasteiger charge is -1.94. The van der Waals surface area contributed by atoms with Gasteiger partial charge in [-0.05, 0) is 30.3 Å². The summed E-state index contributed by atoms with van der Waals surface area (Å²) in [5.74, 6) is 0. The van der Waals surface area contributed by atoms with Crippen molar-refractivity contribution in [2.24, 2.45) is 0 Å². The van der Waals surface area contributed by atoms with Gasteiger partial charge in [0.25, 0.3) is 11.1 Å². The van der Waals surface area contributed by atoms with Crippen molar-refractivity contribution in [3.63, 3.8) is 0 Å². The van der Waals surface area contributed by atoms with Crippen LogP contribution in [0.5, 0.6) is 0 Å². The second-order valence-corrected chi connectivity index (χ2v) is 5.33. The van der Waals surface area contributed by atoms with Crippen LogP contribution in [0, 0.1) is 0 Å². The first-order valence-electron chi connectivity index (χ1n) is 5.76. The molecule has 0 saturated heterocycles. The molecule has 4 nitrogen and oxygen atoms in total. The molecule has 4 aromatic rings. The average molecular weight is 315 g/mol. The molecule has 5 heteroatoms. The van der Waals surface area contributed by atoms with E-state index in [2.05, 4.69) is 15.9 Å². The Labute approximate surface area is 115 Å². The highest BCUT2D eigenvalue weighted by molar-refractivity contribution is 9.10. The van der Waals surface area contributed by atoms with Gasteiger partial charge in [0.15, 0.2) is 0 Å². The van der Waals surface area contributed by atoms with Crippen LogP contribution >= 0.6 is 15.9 Å². The lowest BCUT2D eigenvalue weighted by atomic mass is 10.2. The molecule has 92 valence electrons. The maximum absolute atomic E-state index is 12.3. The van der Waals surface area contributed by atoms with Gasteiger partial charge in [-0.1, -0.05) is 28.1 Å². The molecule has 0 spiro atoms. The van der Waals surface area contributed by atoms with E-state index in [1.165, 1.54) is 4.52 Å². The number of benzene rings is 2. The molecule has 0 aliphatic carbocycles. The highest BCUT2D eigenvalue weighted by atomic mass is 79.9. The summed E-state index contributed by atoms with van der Waals surface area (Å²) in [7, 11) is 0. The Hall–Kier alpha value is -2.14. The monoisotopic (exact) mass is 314 g/mol. The van der Waals surface area contributed by atoms with Crippen molar-refractivity contribution >= 4 is 37.7 Å². The van der Waals surface area contributed by atoms with Crippen LogP contribution in [0.1, 0.15) is 0 Å². The van der Waals surface area contributed by atoms with Crippen LogP contribution in [-0.4, -0.2) is 9.03 Å². The molecule has 2 aromatic carbocycles. The molecule has 4 rings (SSSR count). The van der Waals surface area contributed by atoms with Gasteiger partial charge in [-0.25, -0.2) is 4.52 Å². The number of fused-ring (bicyclic) bond motifs is 5. The van der Waals surface area contributed by atoms with E-state index in [0.717, 1.165) is 15.5 Å². The van der Waals surface area contributed by atoms with Gasteiger partial charge in [0.1, 0.15) is 0 Å². The zero-order valence-electron chi connectivity index (χ0n) is 9.63. The molecular formula is C14H7BrN2O2. The van der Waals surface area contributed by atoms with Crippen molar-refractivity contribution < 1.29 is 0 Å². The van der Waals surface area contributed by atoms with E-state index in [4.69, 9.17) is 0 Å². The Morgan fingerprint density at radius 3 is 2.26 bits per heavy atom. The minimum Gasteiger partial charge on any atom is -0.267 e. The SMILES string of the molecule is O=c1c2ccccc2n2c3cc(Br)ccc3c(=O)n12. The minimum absolute atomic E-state index is 0.270. The van der Waals surface area contributed by atoms with Gasteiger partial charge in [-0.3, -0.25) is 9.59 Å². The van der Waals surface area contributed by atoms with Crippen molar-refractivity contribution in [2.75, 3.05) is 0 Å². The molecule has 0 radical (unpaired) electrons. The third-order valence-corrected chi connectivity index (χ3v) is 3.86. The molecule has 2 aromatic heterocycles. The van der Waals surface area contributed by atoms with E-state index in [-0.39, 0.29) is 11.1 Å². The Kier molecular flexibility index (Phi) is 1.95. The highest BCUT2D eigenvalue weighted by Crippen LogP contribution is 2.20. The Bertz CT molecular complexity index is 1060. The van der Waals surface area contributed by atoms with Crippen LogP contribution in [0.2, 0.25) is 0 Å². The van der Waals surface area contributed by atoms with E-state index in [0.29, 0.717) is 10.8 Å². The lowest BCUT2D eigenvalue weighted by molar-refractivity contribution is 0.841. The number of nitrogens with zero attached hydrogens (tertiary/aromatic N) is 2. The number of aromatic nitrogens is 2. The molecule has 0 saturated carbocycles. The van der Waals surface area contributed by atoms with Crippen molar-refractivity contribution in [3.8, 4) is 0 Å². The molecule has 2 heterocycles. The topological polar surface area (TPSA) is 43.0 Å². The lowest BCUT2D eigenvalue weighted by Crippen LogP contribution is -2.21. The van der Waals surface area contributed by atoms with Gasteiger partial charge >= 0.3 is 0 Å². The average Bonchev–Trinajstić information content (AvgIpc) is 2.86. The van der Waals surface area contributed by atoms with Crippen LogP contribution in [0.4, 0.5) is 0 Å². The molecule has 0 amide bonds. The maximum atomic E-state index is 12.3. The number of hydrogen-bond donors (Lipinski definition) is 0. The molecule has 19 heavy (non-hydrogen) atoms. The normalized spacial score (nSPS) is 11.8. The Morgan fingerprint density at radius 2 is 1.47 bits per heavy atom. The summed E-state index contributed by atoms with van der Waals surface area (Å²) < 4.78 is 3.75. The van der Waals surface area contributed by atoms with Gasteiger partial charge in [0.05, 0.1) is 21.8 Å². The van der Waals surface area contributed by atoms with Gasteiger partial charge in [-0.2, -0.15) is 4.52 Å². The fourth-order valence-corrected chi connectivity index (χ4v) is 2.90. The van der Waals surface area contributed by atoms with E-state index in [1.807, 2.05) is 18.2 Å². The van der Waals surface area contributed by atoms with Crippen LogP contribution in [-0.2, 0) is 0 Å². The second kappa shape index (κ2) is 3.45. The summed E-state index contributed by atoms with van der Waals surface area (Å²) in [6.07, 6.45) is 0. The smallest absolute Gasteiger partial charge is 0.267 e. The van der Waals surface area contributed by atoms with Gasteiger partial charge in [-0.15, -0.1) is 0 Å². The molecule has 0 atom stereocenters. The molecule has 0 N–H and O–H groups in total. The molecule has 0 unspecified atom stereocenters. The highest BCUT2D eigenvalue weighted by Gasteiger charge is 2.16. The third-order valence-electron chi connectivity index (χ3n) is 3.37. The third kappa shape index (κ3) is 1.23. The Morgan fingerprint density at radius 1 is 0.789 bits per heavy atom. The van der Waals surface area contributed by atoms with Crippen LogP contribution < -0.4 is 11.1 Å². The summed E-state index contributed by atoms with van der Waals surface area (Å²) in [5.41, 5.74) is 0.937. The maximum Gasteiger partial charge on any atom is 0.282 e. The molecule has 0 aliphatic rings. The number of halogens is 1. The zero-order valence-corrected chi connectivity index (χ0v) is 11.2. The minimum atomic E-state index is -0.274. The van der Waals surface area contributed by atoms with E-state index in [9.17, 15) is 9.59 Å². The predicted octanol–water partition coefficient (Wildman–Crippen LogP) is 2.27. The van der Waals surface area contributed by atoms with Gasteiger partial charge < -0.3 is 0 Å².